The van der Waals surface area contributed by atoms with Crippen molar-refractivity contribution in [2.24, 2.45) is 5.41 Å². The van der Waals surface area contributed by atoms with Crippen LogP contribution in [0.25, 0.3) is 0 Å². The average Bonchev–Trinajstić information content (AvgIpc) is 3.05. The number of methoxy groups -OCH3 is 1. The first-order valence-corrected chi connectivity index (χ1v) is 11.8. The third-order valence-corrected chi connectivity index (χ3v) is 7.54. The zero-order chi connectivity index (χ0) is 24.2. The van der Waals surface area contributed by atoms with E-state index in [0.717, 1.165) is 10.6 Å². The predicted octanol–water partition coefficient (Wildman–Crippen LogP) is 0.723. The van der Waals surface area contributed by atoms with E-state index >= 15 is 0 Å². The smallest absolute Gasteiger partial charge is 0.461 e. The van der Waals surface area contributed by atoms with Crippen LogP contribution in [0, 0.1) is 17.8 Å². The van der Waals surface area contributed by atoms with Crippen molar-refractivity contribution in [3.05, 3.63) is 33.1 Å². The molecule has 1 N–H and O–H groups in total. The zero-order valence-corrected chi connectivity index (χ0v) is 19.4. The number of carbonyl (C=O) groups is 1. The Bertz CT molecular complexity index is 1150. The molecule has 0 aromatic carbocycles. The summed E-state index contributed by atoms with van der Waals surface area (Å²) in [5, 5.41) is 0. The molecular formula is C20H25N2O10P. The number of H-pyrrole nitrogens is 1. The molecule has 2 saturated heterocycles. The highest BCUT2D eigenvalue weighted by Gasteiger charge is 2.90. The topological polar surface area (TPSA) is 144 Å². The number of carbonyl (C=O) groups excluding carboxylic acids is 1. The van der Waals surface area contributed by atoms with E-state index in [1.54, 1.807) is 20.8 Å². The maximum absolute atomic E-state index is 13.1. The Morgan fingerprint density at radius 3 is 2.73 bits per heavy atom. The summed E-state index contributed by atoms with van der Waals surface area (Å²) >= 11 is 0. The fourth-order valence-corrected chi connectivity index (χ4v) is 6.12. The fraction of sp³-hybridized carbons (Fsp3) is 0.650. The molecule has 1 unspecified atom stereocenters. The van der Waals surface area contributed by atoms with E-state index in [-0.39, 0.29) is 19.1 Å². The van der Waals surface area contributed by atoms with Crippen molar-refractivity contribution in [2.45, 2.75) is 63.4 Å². The molecule has 3 aliphatic rings. The van der Waals surface area contributed by atoms with Crippen LogP contribution in [0.5, 0.6) is 0 Å². The van der Waals surface area contributed by atoms with Gasteiger partial charge < -0.3 is 14.2 Å². The molecule has 0 radical (unpaired) electrons. The normalized spacial score (nSPS) is 37.3. The second-order valence-electron chi connectivity index (χ2n) is 8.46. The van der Waals surface area contributed by atoms with Gasteiger partial charge in [0.25, 0.3) is 5.56 Å². The maximum atomic E-state index is 13.1. The second kappa shape index (κ2) is 8.20. The number of terminal acetylenes is 1. The van der Waals surface area contributed by atoms with E-state index in [2.05, 4.69) is 10.9 Å². The van der Waals surface area contributed by atoms with Gasteiger partial charge in [-0.25, -0.2) is 14.2 Å². The lowest BCUT2D eigenvalue weighted by molar-refractivity contribution is -0.160. The highest BCUT2D eigenvalue weighted by Crippen LogP contribution is 2.79. The summed E-state index contributed by atoms with van der Waals surface area (Å²) in [5.74, 6) is 2.03. The van der Waals surface area contributed by atoms with Gasteiger partial charge in [-0.15, -0.1) is 6.42 Å². The Hall–Kier alpha value is -2.26. The van der Waals surface area contributed by atoms with E-state index in [1.165, 1.54) is 13.3 Å². The van der Waals surface area contributed by atoms with Crippen molar-refractivity contribution in [1.29, 1.82) is 0 Å². The third-order valence-electron chi connectivity index (χ3n) is 6.03. The lowest BCUT2D eigenvalue weighted by Crippen LogP contribution is -2.44. The molecule has 1 spiro atoms. The van der Waals surface area contributed by atoms with Gasteiger partial charge in [0.05, 0.1) is 12.7 Å². The molecule has 1 saturated carbocycles. The van der Waals surface area contributed by atoms with Gasteiger partial charge in [0.2, 0.25) is 0 Å². The Morgan fingerprint density at radius 1 is 1.39 bits per heavy atom. The molecular weight excluding hydrogens is 459 g/mol. The number of nitrogens with one attached hydrogen (secondary N) is 1. The van der Waals surface area contributed by atoms with Gasteiger partial charge in [-0.05, 0) is 20.8 Å². The standard InChI is InChI=1S/C20H25N2O10P/c1-6-19(4)17(22-9-7-13(23)21-18(22)25)30-14-15-20(14,19)32-33(26,31-15)28-10-8-12(27-5)16(24)29-11(2)3/h1,7,9,11-12,14-15,17H,8,10H2,2-5H3,(H,21,23,25)/t12-,14+,15?,17+,19-,20-,33+/m0/s1. The molecule has 33 heavy (non-hydrogen) atoms. The number of aromatic amines is 1. The van der Waals surface area contributed by atoms with Gasteiger partial charge in [-0.2, -0.15) is 0 Å². The summed E-state index contributed by atoms with van der Waals surface area (Å²) in [5.41, 5.74) is -3.84. The van der Waals surface area contributed by atoms with Crippen LogP contribution in [-0.4, -0.2) is 59.3 Å². The number of fused-ring (bicyclic) bond motifs is 1. The van der Waals surface area contributed by atoms with E-state index < -0.39 is 60.6 Å². The van der Waals surface area contributed by atoms with Gasteiger partial charge in [-0.3, -0.25) is 27.9 Å². The van der Waals surface area contributed by atoms with Crippen molar-refractivity contribution in [1.82, 2.24) is 9.55 Å². The van der Waals surface area contributed by atoms with Crippen molar-refractivity contribution >= 4 is 13.8 Å². The van der Waals surface area contributed by atoms with E-state index in [4.69, 9.17) is 34.2 Å². The predicted molar refractivity (Wildman–Crippen MR) is 111 cm³/mol. The van der Waals surface area contributed by atoms with Gasteiger partial charge in [0.15, 0.2) is 17.9 Å². The Kier molecular flexibility index (Phi) is 5.93. The van der Waals surface area contributed by atoms with Crippen molar-refractivity contribution in [3.8, 4) is 12.3 Å². The number of phosphoric acid groups is 1. The third kappa shape index (κ3) is 3.69. The minimum absolute atomic E-state index is 0.0537. The molecule has 12 nitrogen and oxygen atoms in total. The van der Waals surface area contributed by atoms with Crippen molar-refractivity contribution < 1.29 is 37.1 Å². The number of ether oxygens (including phenoxy) is 3. The number of nitrogens with zero attached hydrogens (tertiary/aromatic N) is 1. The first kappa shape index (κ1) is 23.9. The minimum atomic E-state index is -4.04. The quantitative estimate of drug-likeness (QED) is 0.318. The molecule has 0 bridgehead atoms. The number of phosphoric ester groups is 1. The van der Waals surface area contributed by atoms with Crippen molar-refractivity contribution in [2.75, 3.05) is 13.7 Å². The maximum Gasteiger partial charge on any atom is 0.476 e. The summed E-state index contributed by atoms with van der Waals surface area (Å²) in [4.78, 5) is 37.9. The molecule has 3 fully saturated rings. The van der Waals surface area contributed by atoms with Crippen LogP contribution in [0.2, 0.25) is 0 Å². The van der Waals surface area contributed by atoms with Crippen LogP contribution >= 0.6 is 7.82 Å². The lowest BCUT2D eigenvalue weighted by atomic mass is 9.81. The molecule has 1 aromatic heterocycles. The number of aromatic nitrogens is 2. The van der Waals surface area contributed by atoms with E-state index in [1.807, 2.05) is 0 Å². The molecule has 3 heterocycles. The fourth-order valence-electron chi connectivity index (χ4n) is 4.32. The highest BCUT2D eigenvalue weighted by atomic mass is 31.2. The van der Waals surface area contributed by atoms with E-state index in [0.29, 0.717) is 0 Å². The molecule has 180 valence electrons. The summed E-state index contributed by atoms with van der Waals surface area (Å²) in [7, 11) is -2.69. The Labute approximate surface area is 189 Å². The number of hydrogen-bond acceptors (Lipinski definition) is 10. The number of rotatable bonds is 8. The SMILES string of the molecule is C#C[C@@]1(C)[C@H](n2ccc(=O)[nH]c2=O)O[C@@H]2C3O[P@@](=O)(OCC[C@H](OC)C(=O)OC(C)C)O[C@]321. The van der Waals surface area contributed by atoms with Crippen LogP contribution < -0.4 is 11.2 Å². The van der Waals surface area contributed by atoms with Crippen molar-refractivity contribution in [3.63, 3.8) is 0 Å². The monoisotopic (exact) mass is 484 g/mol. The van der Waals surface area contributed by atoms with Crippen LogP contribution in [0.1, 0.15) is 33.4 Å². The first-order valence-electron chi connectivity index (χ1n) is 10.3. The molecule has 7 atom stereocenters. The molecule has 0 amide bonds. The van der Waals surface area contributed by atoms with Crippen LogP contribution in [-0.2, 0) is 37.1 Å². The average molecular weight is 484 g/mol. The highest BCUT2D eigenvalue weighted by molar-refractivity contribution is 7.48. The first-order chi connectivity index (χ1) is 15.5. The molecule has 4 rings (SSSR count). The number of esters is 1. The largest absolute Gasteiger partial charge is 0.476 e. The molecule has 2 aliphatic heterocycles. The van der Waals surface area contributed by atoms with Gasteiger partial charge in [0, 0.05) is 25.8 Å². The molecule has 1 aliphatic carbocycles. The van der Waals surface area contributed by atoms with Gasteiger partial charge in [0.1, 0.15) is 17.6 Å². The summed E-state index contributed by atoms with van der Waals surface area (Å²) in [6, 6.07) is 1.16. The minimum Gasteiger partial charge on any atom is -0.461 e. The Morgan fingerprint density at radius 2 is 2.12 bits per heavy atom. The van der Waals surface area contributed by atoms with Gasteiger partial charge in [-0.1, -0.05) is 5.92 Å². The summed E-state index contributed by atoms with van der Waals surface area (Å²) < 4.78 is 47.1. The van der Waals surface area contributed by atoms with E-state index in [9.17, 15) is 18.9 Å². The summed E-state index contributed by atoms with van der Waals surface area (Å²) in [6.45, 7) is 4.87. The zero-order valence-electron chi connectivity index (χ0n) is 18.5. The molecule has 1 aromatic rings. The van der Waals surface area contributed by atoms with Crippen LogP contribution in [0.3, 0.4) is 0 Å². The van der Waals surface area contributed by atoms with Gasteiger partial charge >= 0.3 is 19.5 Å². The lowest BCUT2D eigenvalue weighted by Gasteiger charge is -2.32. The van der Waals surface area contributed by atoms with Crippen LogP contribution in [0.15, 0.2) is 21.9 Å². The summed E-state index contributed by atoms with van der Waals surface area (Å²) in [6.07, 6.45) is 3.47. The second-order valence-corrected chi connectivity index (χ2v) is 10.0. The molecule has 13 heteroatoms. The van der Waals surface area contributed by atoms with Crippen LogP contribution in [0.4, 0.5) is 0 Å². The Balaban J connectivity index is 1.46. The number of hydrogen-bond donors (Lipinski definition) is 1.